The predicted octanol–water partition coefficient (Wildman–Crippen LogP) is 1.87. The van der Waals surface area contributed by atoms with Crippen LogP contribution in [0, 0.1) is 5.82 Å². The summed E-state index contributed by atoms with van der Waals surface area (Å²) >= 11 is 0. The lowest BCUT2D eigenvalue weighted by atomic mass is 10.0. The molecule has 1 saturated heterocycles. The number of halogens is 2. The summed E-state index contributed by atoms with van der Waals surface area (Å²) in [6, 6.07) is 6.64. The maximum Gasteiger partial charge on any atom is 0.243 e. The summed E-state index contributed by atoms with van der Waals surface area (Å²) in [7, 11) is 3.42. The number of nitrogens with zero attached hydrogens (tertiary/aromatic N) is 3. The average Bonchev–Trinajstić information content (AvgIpc) is 2.78. The lowest BCUT2D eigenvalue weighted by Gasteiger charge is -2.35. The number of amides is 1. The molecule has 10 heteroatoms. The molecule has 0 radical (unpaired) electrons. The number of hydrogen-bond acceptors (Lipinski definition) is 5. The minimum absolute atomic E-state index is 0. The summed E-state index contributed by atoms with van der Waals surface area (Å²) in [5, 5.41) is 6.64. The topological polar surface area (TPSA) is 78.4 Å². The summed E-state index contributed by atoms with van der Waals surface area (Å²) in [6.07, 6.45) is 0.834. The molecule has 1 aromatic carbocycles. The third-order valence-corrected chi connectivity index (χ3v) is 5.04. The Morgan fingerprint density at radius 3 is 2.56 bits per heavy atom. The predicted molar refractivity (Wildman–Crippen MR) is 135 cm³/mol. The van der Waals surface area contributed by atoms with Gasteiger partial charge in [0.25, 0.3) is 0 Å². The van der Waals surface area contributed by atoms with Crippen molar-refractivity contribution in [2.75, 3.05) is 73.2 Å². The lowest BCUT2D eigenvalue weighted by Crippen LogP contribution is -2.46. The van der Waals surface area contributed by atoms with Crippen molar-refractivity contribution in [1.29, 1.82) is 0 Å². The average molecular weight is 565 g/mol. The zero-order valence-electron chi connectivity index (χ0n) is 19.3. The first kappa shape index (κ1) is 28.5. The van der Waals surface area contributed by atoms with Crippen LogP contribution in [0.5, 0.6) is 0 Å². The summed E-state index contributed by atoms with van der Waals surface area (Å²) in [5.74, 6) is 0.253. The van der Waals surface area contributed by atoms with Gasteiger partial charge in [-0.05, 0) is 31.0 Å². The molecule has 0 aliphatic carbocycles. The smallest absolute Gasteiger partial charge is 0.243 e. The first-order chi connectivity index (χ1) is 15.0. The fourth-order valence-corrected chi connectivity index (χ4v) is 3.21. The van der Waals surface area contributed by atoms with Crippen molar-refractivity contribution >= 4 is 35.8 Å². The number of hydrogen-bond donors (Lipinski definition) is 2. The molecule has 1 aromatic rings. The molecule has 182 valence electrons. The van der Waals surface area contributed by atoms with Gasteiger partial charge in [-0.15, -0.1) is 24.0 Å². The number of aliphatic imine (C=N–C) groups is 1. The number of carbonyl (C=O) groups excluding carboxylic acids is 1. The van der Waals surface area contributed by atoms with E-state index in [2.05, 4.69) is 20.5 Å². The number of benzene rings is 1. The van der Waals surface area contributed by atoms with Crippen LogP contribution in [0.15, 0.2) is 29.3 Å². The maximum atomic E-state index is 13.5. The van der Waals surface area contributed by atoms with Crippen molar-refractivity contribution in [3.8, 4) is 0 Å². The van der Waals surface area contributed by atoms with Gasteiger partial charge < -0.3 is 25.0 Å². The quantitative estimate of drug-likeness (QED) is 0.185. The Balaban J connectivity index is 0.00000512. The third-order valence-electron chi connectivity index (χ3n) is 5.04. The van der Waals surface area contributed by atoms with E-state index in [0.29, 0.717) is 45.5 Å². The van der Waals surface area contributed by atoms with Gasteiger partial charge in [0.1, 0.15) is 12.4 Å². The zero-order valence-corrected chi connectivity index (χ0v) is 21.6. The second-order valence-corrected chi connectivity index (χ2v) is 7.53. The Labute approximate surface area is 207 Å². The van der Waals surface area contributed by atoms with E-state index >= 15 is 0 Å². The van der Waals surface area contributed by atoms with Crippen molar-refractivity contribution in [2.24, 2.45) is 4.99 Å². The van der Waals surface area contributed by atoms with Gasteiger partial charge in [-0.25, -0.2) is 9.38 Å². The molecule has 0 spiro atoms. The Bertz CT molecular complexity index is 685. The van der Waals surface area contributed by atoms with Gasteiger partial charge in [-0.3, -0.25) is 9.69 Å². The molecule has 0 aromatic heterocycles. The van der Waals surface area contributed by atoms with Gasteiger partial charge in [-0.2, -0.15) is 0 Å². The van der Waals surface area contributed by atoms with E-state index in [-0.39, 0.29) is 48.3 Å². The molecule has 2 rings (SSSR count). The zero-order chi connectivity index (χ0) is 22.5. The highest BCUT2D eigenvalue weighted by Gasteiger charge is 2.23. The van der Waals surface area contributed by atoms with Crippen LogP contribution >= 0.6 is 24.0 Å². The van der Waals surface area contributed by atoms with E-state index in [1.807, 2.05) is 19.1 Å². The number of carbonyl (C=O) groups is 1. The summed E-state index contributed by atoms with van der Waals surface area (Å²) < 4.78 is 24.3. The molecule has 1 atom stereocenters. The normalized spacial score (nSPS) is 15.6. The van der Waals surface area contributed by atoms with Crippen molar-refractivity contribution in [3.63, 3.8) is 0 Å². The van der Waals surface area contributed by atoms with Gasteiger partial charge in [-0.1, -0.05) is 12.1 Å². The highest BCUT2D eigenvalue weighted by molar-refractivity contribution is 14.0. The van der Waals surface area contributed by atoms with E-state index in [4.69, 9.17) is 9.47 Å². The standard InChI is InChI=1S/C22H36FN5O3.HI/c1-4-30-13-5-10-24-22(26-17-21(29)27(2)3)25-16-20(28-11-14-31-15-12-28)18-6-8-19(23)9-7-18;/h6-9,20H,4-5,10-17H2,1-3H3,(H2,24,25,26);1H. The number of guanidine groups is 1. The molecular weight excluding hydrogens is 528 g/mol. The Kier molecular flexibility index (Phi) is 14.4. The van der Waals surface area contributed by atoms with Gasteiger partial charge in [0.2, 0.25) is 5.91 Å². The van der Waals surface area contributed by atoms with Crippen LogP contribution < -0.4 is 10.6 Å². The van der Waals surface area contributed by atoms with Crippen LogP contribution in [0.4, 0.5) is 4.39 Å². The molecule has 32 heavy (non-hydrogen) atoms. The molecule has 1 amide bonds. The van der Waals surface area contributed by atoms with Crippen LogP contribution in [0.1, 0.15) is 24.9 Å². The molecule has 1 aliphatic rings. The Hall–Kier alpha value is -1.50. The molecule has 0 saturated carbocycles. The minimum atomic E-state index is -0.252. The first-order valence-corrected chi connectivity index (χ1v) is 10.9. The second-order valence-electron chi connectivity index (χ2n) is 7.53. The van der Waals surface area contributed by atoms with E-state index in [9.17, 15) is 9.18 Å². The Morgan fingerprint density at radius 1 is 1.25 bits per heavy atom. The lowest BCUT2D eigenvalue weighted by molar-refractivity contribution is -0.127. The summed E-state index contributed by atoms with van der Waals surface area (Å²) in [5.41, 5.74) is 1.02. The molecular formula is C22H37FIN5O3. The molecule has 1 heterocycles. The SMILES string of the molecule is CCOCCCNC(=NCC(=O)N(C)C)NCC(c1ccc(F)cc1)N1CCOCC1.I. The van der Waals surface area contributed by atoms with Crippen molar-refractivity contribution < 1.29 is 18.7 Å². The molecule has 1 unspecified atom stereocenters. The van der Waals surface area contributed by atoms with E-state index in [1.165, 1.54) is 17.0 Å². The third kappa shape index (κ3) is 10.4. The molecule has 1 aliphatic heterocycles. The number of morpholine rings is 1. The fraction of sp³-hybridized carbons (Fsp3) is 0.636. The van der Waals surface area contributed by atoms with E-state index < -0.39 is 0 Å². The largest absolute Gasteiger partial charge is 0.382 e. The van der Waals surface area contributed by atoms with Crippen LogP contribution in [-0.2, 0) is 14.3 Å². The number of rotatable bonds is 11. The van der Waals surface area contributed by atoms with Gasteiger partial charge in [0, 0.05) is 53.5 Å². The first-order valence-electron chi connectivity index (χ1n) is 10.9. The molecule has 1 fully saturated rings. The molecule has 8 nitrogen and oxygen atoms in total. The second kappa shape index (κ2) is 16.2. The molecule has 2 N–H and O–H groups in total. The highest BCUT2D eigenvalue weighted by Crippen LogP contribution is 2.21. The van der Waals surface area contributed by atoms with Crippen molar-refractivity contribution in [3.05, 3.63) is 35.6 Å². The summed E-state index contributed by atoms with van der Waals surface area (Å²) in [6.45, 7) is 7.59. The van der Waals surface area contributed by atoms with Gasteiger partial charge >= 0.3 is 0 Å². The van der Waals surface area contributed by atoms with Crippen LogP contribution in [0.25, 0.3) is 0 Å². The van der Waals surface area contributed by atoms with Gasteiger partial charge in [0.15, 0.2) is 5.96 Å². The van der Waals surface area contributed by atoms with E-state index in [0.717, 1.165) is 25.1 Å². The monoisotopic (exact) mass is 565 g/mol. The number of likely N-dealkylation sites (N-methyl/N-ethyl adjacent to an activating group) is 1. The van der Waals surface area contributed by atoms with E-state index in [1.54, 1.807) is 14.1 Å². The molecule has 0 bridgehead atoms. The van der Waals surface area contributed by atoms with Crippen molar-refractivity contribution in [1.82, 2.24) is 20.4 Å². The van der Waals surface area contributed by atoms with Gasteiger partial charge in [0.05, 0.1) is 19.3 Å². The van der Waals surface area contributed by atoms with Crippen LogP contribution in [-0.4, -0.2) is 94.9 Å². The van der Waals surface area contributed by atoms with Crippen molar-refractivity contribution in [2.45, 2.75) is 19.4 Å². The fourth-order valence-electron chi connectivity index (χ4n) is 3.21. The van der Waals surface area contributed by atoms with Crippen LogP contribution in [0.3, 0.4) is 0 Å². The highest BCUT2D eigenvalue weighted by atomic mass is 127. The van der Waals surface area contributed by atoms with Crippen LogP contribution in [0.2, 0.25) is 0 Å². The number of ether oxygens (including phenoxy) is 2. The summed E-state index contributed by atoms with van der Waals surface area (Å²) in [4.78, 5) is 20.3. The minimum Gasteiger partial charge on any atom is -0.382 e. The number of nitrogens with one attached hydrogen (secondary N) is 2. The maximum absolute atomic E-state index is 13.5. The Morgan fingerprint density at radius 2 is 1.94 bits per heavy atom.